The molecule has 1 aliphatic heterocycles. The summed E-state index contributed by atoms with van der Waals surface area (Å²) in [4.78, 5) is 39.5. The standard InChI is InChI=1S/C17H19N3O3/c1-18(2)13-9-5-7-12(11-13)8-6-10-14-15(21)19(3)17(23)20(4)16(14)22/h5-11H,1-4H3. The smallest absolute Gasteiger partial charge is 0.333 e. The molecule has 4 amide bonds. The highest BCUT2D eigenvalue weighted by molar-refractivity contribution is 6.28. The van der Waals surface area contributed by atoms with E-state index in [4.69, 9.17) is 0 Å². The second-order valence-corrected chi connectivity index (χ2v) is 5.44. The molecular formula is C17H19N3O3. The molecular weight excluding hydrogens is 294 g/mol. The zero-order valence-electron chi connectivity index (χ0n) is 13.6. The van der Waals surface area contributed by atoms with Gasteiger partial charge in [0.15, 0.2) is 0 Å². The quantitative estimate of drug-likeness (QED) is 0.630. The fourth-order valence-electron chi connectivity index (χ4n) is 2.16. The van der Waals surface area contributed by atoms with Crippen molar-refractivity contribution in [2.75, 3.05) is 33.1 Å². The molecule has 2 rings (SSSR count). The minimum atomic E-state index is -0.625. The summed E-state index contributed by atoms with van der Waals surface area (Å²) in [6.45, 7) is 0. The number of benzene rings is 1. The number of imide groups is 2. The Hall–Kier alpha value is -2.89. The Kier molecular flexibility index (Phi) is 4.64. The van der Waals surface area contributed by atoms with Crippen LogP contribution >= 0.6 is 0 Å². The SMILES string of the molecule is CN1C(=O)C(=CC=Cc2cccc(N(C)C)c2)C(=O)N(C)C1=O. The molecule has 6 heteroatoms. The van der Waals surface area contributed by atoms with Crippen LogP contribution in [0.3, 0.4) is 0 Å². The maximum Gasteiger partial charge on any atom is 0.333 e. The Morgan fingerprint density at radius 2 is 1.61 bits per heavy atom. The minimum absolute atomic E-state index is 0.0328. The highest BCUT2D eigenvalue weighted by atomic mass is 16.2. The molecule has 0 aromatic heterocycles. The van der Waals surface area contributed by atoms with Crippen LogP contribution in [0, 0.1) is 0 Å². The Morgan fingerprint density at radius 3 is 2.17 bits per heavy atom. The Morgan fingerprint density at radius 1 is 1.00 bits per heavy atom. The number of anilines is 1. The van der Waals surface area contributed by atoms with E-state index in [0.717, 1.165) is 21.1 Å². The normalized spacial score (nSPS) is 15.7. The first-order chi connectivity index (χ1) is 10.8. The predicted molar refractivity (Wildman–Crippen MR) is 88.8 cm³/mol. The third kappa shape index (κ3) is 3.31. The maximum atomic E-state index is 12.0. The van der Waals surface area contributed by atoms with Gasteiger partial charge in [-0.2, -0.15) is 0 Å². The van der Waals surface area contributed by atoms with Crippen LogP contribution in [0.25, 0.3) is 6.08 Å². The molecule has 1 fully saturated rings. The highest BCUT2D eigenvalue weighted by Gasteiger charge is 2.37. The van der Waals surface area contributed by atoms with Gasteiger partial charge in [0.05, 0.1) is 0 Å². The first kappa shape index (κ1) is 16.5. The third-order valence-electron chi connectivity index (χ3n) is 3.58. The van der Waals surface area contributed by atoms with Gasteiger partial charge in [-0.25, -0.2) is 4.79 Å². The van der Waals surface area contributed by atoms with E-state index < -0.39 is 17.8 Å². The first-order valence-electron chi connectivity index (χ1n) is 7.08. The van der Waals surface area contributed by atoms with Crippen molar-refractivity contribution in [3.63, 3.8) is 0 Å². The molecule has 1 aromatic carbocycles. The molecule has 0 bridgehead atoms. The molecule has 1 saturated heterocycles. The van der Waals surface area contributed by atoms with Crippen LogP contribution in [-0.2, 0) is 9.59 Å². The lowest BCUT2D eigenvalue weighted by atomic mass is 10.1. The van der Waals surface area contributed by atoms with E-state index in [-0.39, 0.29) is 5.57 Å². The Bertz CT molecular complexity index is 694. The van der Waals surface area contributed by atoms with E-state index in [9.17, 15) is 14.4 Å². The van der Waals surface area contributed by atoms with Crippen LogP contribution in [0.5, 0.6) is 0 Å². The number of nitrogens with zero attached hydrogens (tertiary/aromatic N) is 3. The van der Waals surface area contributed by atoms with Crippen molar-refractivity contribution in [1.82, 2.24) is 9.80 Å². The number of hydrogen-bond donors (Lipinski definition) is 0. The van der Waals surface area contributed by atoms with E-state index in [1.807, 2.05) is 43.3 Å². The molecule has 0 aliphatic carbocycles. The number of barbiturate groups is 1. The summed E-state index contributed by atoms with van der Waals surface area (Å²) in [5, 5.41) is 0. The predicted octanol–water partition coefficient (Wildman–Crippen LogP) is 1.74. The maximum absolute atomic E-state index is 12.0. The lowest BCUT2D eigenvalue weighted by Gasteiger charge is -2.28. The minimum Gasteiger partial charge on any atom is -0.378 e. The third-order valence-corrected chi connectivity index (χ3v) is 3.58. The van der Waals surface area contributed by atoms with E-state index >= 15 is 0 Å². The second kappa shape index (κ2) is 6.48. The number of likely N-dealkylation sites (N-methyl/N-ethyl adjacent to an activating group) is 2. The van der Waals surface area contributed by atoms with Gasteiger partial charge in [-0.15, -0.1) is 0 Å². The van der Waals surface area contributed by atoms with Gasteiger partial charge < -0.3 is 4.90 Å². The molecule has 0 atom stereocenters. The van der Waals surface area contributed by atoms with Gasteiger partial charge in [0.2, 0.25) is 0 Å². The number of carbonyl (C=O) groups excluding carboxylic acids is 3. The Balaban J connectivity index is 2.25. The van der Waals surface area contributed by atoms with Gasteiger partial charge >= 0.3 is 6.03 Å². The molecule has 0 unspecified atom stereocenters. The van der Waals surface area contributed by atoms with E-state index in [0.29, 0.717) is 0 Å². The van der Waals surface area contributed by atoms with Crippen molar-refractivity contribution in [3.8, 4) is 0 Å². The van der Waals surface area contributed by atoms with E-state index in [1.165, 1.54) is 20.2 Å². The van der Waals surface area contributed by atoms with Crippen molar-refractivity contribution in [1.29, 1.82) is 0 Å². The molecule has 0 spiro atoms. The number of amides is 4. The average molecular weight is 313 g/mol. The zero-order chi connectivity index (χ0) is 17.1. The molecule has 1 heterocycles. The number of urea groups is 1. The monoisotopic (exact) mass is 313 g/mol. The van der Waals surface area contributed by atoms with Crippen molar-refractivity contribution < 1.29 is 14.4 Å². The first-order valence-corrected chi connectivity index (χ1v) is 7.08. The molecule has 0 radical (unpaired) electrons. The number of hydrogen-bond acceptors (Lipinski definition) is 4. The zero-order valence-corrected chi connectivity index (χ0v) is 13.6. The van der Waals surface area contributed by atoms with Crippen molar-refractivity contribution in [2.24, 2.45) is 0 Å². The largest absolute Gasteiger partial charge is 0.378 e. The van der Waals surface area contributed by atoms with Crippen LogP contribution in [0.2, 0.25) is 0 Å². The van der Waals surface area contributed by atoms with Gasteiger partial charge in [-0.1, -0.05) is 24.3 Å². The number of carbonyl (C=O) groups is 3. The van der Waals surface area contributed by atoms with Gasteiger partial charge in [-0.05, 0) is 23.8 Å². The highest BCUT2D eigenvalue weighted by Crippen LogP contribution is 2.16. The molecule has 1 aromatic rings. The Labute approximate surface area is 135 Å². The van der Waals surface area contributed by atoms with Gasteiger partial charge in [-0.3, -0.25) is 19.4 Å². The summed E-state index contributed by atoms with van der Waals surface area (Å²) in [6, 6.07) is 7.20. The van der Waals surface area contributed by atoms with Crippen LogP contribution in [-0.4, -0.2) is 55.8 Å². The lowest BCUT2D eigenvalue weighted by molar-refractivity contribution is -0.134. The summed E-state index contributed by atoms with van der Waals surface area (Å²) < 4.78 is 0. The lowest BCUT2D eigenvalue weighted by Crippen LogP contribution is -2.52. The van der Waals surface area contributed by atoms with Crippen LogP contribution in [0.15, 0.2) is 42.0 Å². The second-order valence-electron chi connectivity index (χ2n) is 5.44. The molecule has 0 N–H and O–H groups in total. The molecule has 23 heavy (non-hydrogen) atoms. The summed E-state index contributed by atoms with van der Waals surface area (Å²) in [5.74, 6) is -1.19. The molecule has 1 aliphatic rings. The van der Waals surface area contributed by atoms with Crippen LogP contribution in [0.4, 0.5) is 10.5 Å². The van der Waals surface area contributed by atoms with Crippen LogP contribution < -0.4 is 4.90 Å². The van der Waals surface area contributed by atoms with E-state index in [2.05, 4.69) is 0 Å². The molecule has 0 saturated carbocycles. The number of allylic oxidation sites excluding steroid dienone is 2. The van der Waals surface area contributed by atoms with Crippen LogP contribution in [0.1, 0.15) is 5.56 Å². The summed E-state index contributed by atoms with van der Waals surface area (Å²) >= 11 is 0. The topological polar surface area (TPSA) is 60.9 Å². The summed E-state index contributed by atoms with van der Waals surface area (Å²) in [5.41, 5.74) is 1.96. The van der Waals surface area contributed by atoms with Crippen molar-refractivity contribution >= 4 is 29.6 Å². The van der Waals surface area contributed by atoms with Crippen molar-refractivity contribution in [3.05, 3.63) is 47.6 Å². The van der Waals surface area contributed by atoms with E-state index in [1.54, 1.807) is 12.2 Å². The summed E-state index contributed by atoms with van der Waals surface area (Å²) in [6.07, 6.45) is 4.88. The summed E-state index contributed by atoms with van der Waals surface area (Å²) in [7, 11) is 6.61. The molecule has 120 valence electrons. The van der Waals surface area contributed by atoms with Gasteiger partial charge in [0, 0.05) is 33.9 Å². The van der Waals surface area contributed by atoms with Crippen molar-refractivity contribution in [2.45, 2.75) is 0 Å². The fraction of sp³-hybridized carbons (Fsp3) is 0.235. The fourth-order valence-corrected chi connectivity index (χ4v) is 2.16. The number of rotatable bonds is 3. The molecule has 6 nitrogen and oxygen atoms in total. The average Bonchev–Trinajstić information content (AvgIpc) is 2.54. The van der Waals surface area contributed by atoms with Gasteiger partial charge in [0.1, 0.15) is 5.57 Å². The van der Waals surface area contributed by atoms with Gasteiger partial charge in [0.25, 0.3) is 11.8 Å².